The van der Waals surface area contributed by atoms with Crippen LogP contribution < -0.4 is 0 Å². The molecule has 0 radical (unpaired) electrons. The molecule has 0 atom stereocenters. The number of aromatic nitrogens is 1. The van der Waals surface area contributed by atoms with Gasteiger partial charge < -0.3 is 0 Å². The first-order valence-corrected chi connectivity index (χ1v) is 6.60. The lowest BCUT2D eigenvalue weighted by Crippen LogP contribution is -2.01. The van der Waals surface area contributed by atoms with Gasteiger partial charge in [-0.2, -0.15) is 0 Å². The zero-order valence-electron chi connectivity index (χ0n) is 10.1. The second kappa shape index (κ2) is 4.95. The molecule has 1 aliphatic carbocycles. The molecule has 0 saturated heterocycles. The molecule has 3 rings (SSSR count). The minimum absolute atomic E-state index is 0.830. The van der Waals surface area contributed by atoms with Crippen LogP contribution in [0.25, 0.3) is 11.6 Å². The number of hydrogen-bond acceptors (Lipinski definition) is 1. The van der Waals surface area contributed by atoms with E-state index in [2.05, 4.69) is 29.3 Å². The van der Waals surface area contributed by atoms with Gasteiger partial charge in [-0.05, 0) is 65.8 Å². The second-order valence-electron chi connectivity index (χ2n) is 4.61. The Labute approximate surface area is 112 Å². The number of halogens is 1. The van der Waals surface area contributed by atoms with Crippen molar-refractivity contribution in [2.45, 2.75) is 19.3 Å². The fourth-order valence-electron chi connectivity index (χ4n) is 2.50. The van der Waals surface area contributed by atoms with Gasteiger partial charge in [0.1, 0.15) is 0 Å². The van der Waals surface area contributed by atoms with Crippen molar-refractivity contribution in [1.82, 2.24) is 4.98 Å². The van der Waals surface area contributed by atoms with E-state index in [1.165, 1.54) is 23.1 Å². The molecule has 0 bridgehead atoms. The van der Waals surface area contributed by atoms with Crippen LogP contribution in [-0.4, -0.2) is 4.98 Å². The first-order valence-electron chi connectivity index (χ1n) is 6.22. The van der Waals surface area contributed by atoms with E-state index in [1.54, 1.807) is 6.20 Å². The van der Waals surface area contributed by atoms with Crippen LogP contribution >= 0.6 is 11.6 Å². The van der Waals surface area contributed by atoms with E-state index >= 15 is 0 Å². The molecular formula is C16H14ClN. The van der Waals surface area contributed by atoms with Crippen molar-refractivity contribution in [3.8, 4) is 0 Å². The molecule has 1 nitrogen and oxygen atoms in total. The van der Waals surface area contributed by atoms with Gasteiger partial charge in [-0.25, -0.2) is 0 Å². The quantitative estimate of drug-likeness (QED) is 0.725. The summed E-state index contributed by atoms with van der Waals surface area (Å²) in [4.78, 5) is 4.15. The van der Waals surface area contributed by atoms with Gasteiger partial charge in [-0.3, -0.25) is 4.98 Å². The Morgan fingerprint density at radius 3 is 2.94 bits per heavy atom. The monoisotopic (exact) mass is 255 g/mol. The average Bonchev–Trinajstić information content (AvgIpc) is 2.40. The number of hydrogen-bond donors (Lipinski definition) is 0. The van der Waals surface area contributed by atoms with Gasteiger partial charge in [0, 0.05) is 17.4 Å². The highest BCUT2D eigenvalue weighted by molar-refractivity contribution is 6.30. The number of benzene rings is 1. The van der Waals surface area contributed by atoms with Crippen LogP contribution in [0.2, 0.25) is 5.02 Å². The van der Waals surface area contributed by atoms with Crippen molar-refractivity contribution in [2.75, 3.05) is 0 Å². The van der Waals surface area contributed by atoms with E-state index in [0.29, 0.717) is 0 Å². The zero-order chi connectivity index (χ0) is 12.4. The van der Waals surface area contributed by atoms with Crippen molar-refractivity contribution in [3.05, 3.63) is 64.4 Å². The lowest BCUT2D eigenvalue weighted by molar-refractivity contribution is 0.824. The molecule has 0 saturated carbocycles. The highest BCUT2D eigenvalue weighted by atomic mass is 35.5. The van der Waals surface area contributed by atoms with Crippen LogP contribution in [-0.2, 0) is 6.42 Å². The molecule has 1 aromatic carbocycles. The number of rotatable bonds is 1. The molecule has 1 aromatic heterocycles. The lowest BCUT2D eigenvalue weighted by Gasteiger charge is -2.19. The molecule has 2 aromatic rings. The van der Waals surface area contributed by atoms with Crippen molar-refractivity contribution in [2.24, 2.45) is 0 Å². The molecule has 0 N–H and O–H groups in total. The molecular weight excluding hydrogens is 242 g/mol. The average molecular weight is 256 g/mol. The van der Waals surface area contributed by atoms with E-state index in [9.17, 15) is 0 Å². The molecule has 0 spiro atoms. The van der Waals surface area contributed by atoms with Crippen molar-refractivity contribution in [3.63, 3.8) is 0 Å². The summed E-state index contributed by atoms with van der Waals surface area (Å²) in [5.74, 6) is 0. The van der Waals surface area contributed by atoms with Gasteiger partial charge in [0.05, 0.1) is 0 Å². The molecule has 1 heterocycles. The van der Waals surface area contributed by atoms with Crippen LogP contribution in [0.3, 0.4) is 0 Å². The van der Waals surface area contributed by atoms with Crippen molar-refractivity contribution >= 4 is 23.3 Å². The van der Waals surface area contributed by atoms with Gasteiger partial charge in [-0.15, -0.1) is 0 Å². The SMILES string of the molecule is Clc1ccc2c(c1)CCC/C2=C/c1cccnc1. The van der Waals surface area contributed by atoms with Crippen LogP contribution in [0, 0.1) is 0 Å². The Hall–Kier alpha value is -1.60. The van der Waals surface area contributed by atoms with Gasteiger partial charge in [-0.1, -0.05) is 23.7 Å². The van der Waals surface area contributed by atoms with Crippen molar-refractivity contribution < 1.29 is 0 Å². The molecule has 0 aliphatic heterocycles. The zero-order valence-corrected chi connectivity index (χ0v) is 10.8. The predicted molar refractivity (Wildman–Crippen MR) is 76.5 cm³/mol. The summed E-state index contributed by atoms with van der Waals surface area (Å²) in [6, 6.07) is 10.3. The second-order valence-corrected chi connectivity index (χ2v) is 5.05. The minimum atomic E-state index is 0.830. The summed E-state index contributed by atoms with van der Waals surface area (Å²) in [5.41, 5.74) is 5.26. The van der Waals surface area contributed by atoms with Gasteiger partial charge >= 0.3 is 0 Å². The standard InChI is InChI=1S/C16H14ClN/c17-15-6-7-16-13(4-1-5-14(16)10-15)9-12-3-2-8-18-11-12/h2-3,6-11H,1,4-5H2/b13-9-. The molecule has 0 fully saturated rings. The number of pyridine rings is 1. The largest absolute Gasteiger partial charge is 0.264 e. The molecule has 0 amide bonds. The number of nitrogens with zero attached hydrogens (tertiary/aromatic N) is 1. The first-order chi connectivity index (χ1) is 8.83. The minimum Gasteiger partial charge on any atom is -0.264 e. The summed E-state index contributed by atoms with van der Waals surface area (Å²) in [6.07, 6.45) is 9.38. The first kappa shape index (κ1) is 11.5. The number of fused-ring (bicyclic) bond motifs is 1. The normalized spacial score (nSPS) is 16.6. The highest BCUT2D eigenvalue weighted by Gasteiger charge is 2.14. The Morgan fingerprint density at radius 1 is 1.17 bits per heavy atom. The summed E-state index contributed by atoms with van der Waals surface area (Å²) in [7, 11) is 0. The molecule has 1 aliphatic rings. The summed E-state index contributed by atoms with van der Waals surface area (Å²) in [5, 5.41) is 0.830. The third kappa shape index (κ3) is 2.32. The smallest absolute Gasteiger partial charge is 0.0409 e. The number of aryl methyl sites for hydroxylation is 1. The van der Waals surface area contributed by atoms with Gasteiger partial charge in [0.25, 0.3) is 0 Å². The fourth-order valence-corrected chi connectivity index (χ4v) is 2.69. The highest BCUT2D eigenvalue weighted by Crippen LogP contribution is 2.33. The molecule has 0 unspecified atom stereocenters. The van der Waals surface area contributed by atoms with Crippen LogP contribution in [0.5, 0.6) is 0 Å². The molecule has 18 heavy (non-hydrogen) atoms. The van der Waals surface area contributed by atoms with E-state index in [4.69, 9.17) is 11.6 Å². The Kier molecular flexibility index (Phi) is 3.16. The third-order valence-electron chi connectivity index (χ3n) is 3.33. The van der Waals surface area contributed by atoms with Crippen LogP contribution in [0.4, 0.5) is 0 Å². The molecule has 90 valence electrons. The van der Waals surface area contributed by atoms with E-state index < -0.39 is 0 Å². The molecule has 2 heteroatoms. The Bertz CT molecular complexity index is 587. The Morgan fingerprint density at radius 2 is 2.11 bits per heavy atom. The number of allylic oxidation sites excluding steroid dienone is 1. The topological polar surface area (TPSA) is 12.9 Å². The summed E-state index contributed by atoms with van der Waals surface area (Å²) in [6.45, 7) is 0. The lowest BCUT2D eigenvalue weighted by atomic mass is 9.86. The fraction of sp³-hybridized carbons (Fsp3) is 0.188. The van der Waals surface area contributed by atoms with Crippen LogP contribution in [0.1, 0.15) is 29.5 Å². The Balaban J connectivity index is 2.04. The predicted octanol–water partition coefficient (Wildman–Crippen LogP) is 4.61. The van der Waals surface area contributed by atoms with E-state index in [1.807, 2.05) is 18.3 Å². The van der Waals surface area contributed by atoms with E-state index in [-0.39, 0.29) is 0 Å². The maximum Gasteiger partial charge on any atom is 0.0409 e. The van der Waals surface area contributed by atoms with Crippen molar-refractivity contribution in [1.29, 1.82) is 0 Å². The van der Waals surface area contributed by atoms with Crippen LogP contribution in [0.15, 0.2) is 42.7 Å². The van der Waals surface area contributed by atoms with Gasteiger partial charge in [0.2, 0.25) is 0 Å². The van der Waals surface area contributed by atoms with Gasteiger partial charge in [0.15, 0.2) is 0 Å². The summed E-state index contributed by atoms with van der Waals surface area (Å²) < 4.78 is 0. The summed E-state index contributed by atoms with van der Waals surface area (Å²) >= 11 is 6.06. The maximum absolute atomic E-state index is 6.06. The maximum atomic E-state index is 6.06. The van der Waals surface area contributed by atoms with E-state index in [0.717, 1.165) is 23.4 Å². The third-order valence-corrected chi connectivity index (χ3v) is 3.57.